The van der Waals surface area contributed by atoms with E-state index in [1.807, 2.05) is 0 Å². The Hall–Kier alpha value is -0.450. The van der Waals surface area contributed by atoms with Gasteiger partial charge in [-0.2, -0.15) is 0 Å². The van der Waals surface area contributed by atoms with Crippen LogP contribution < -0.4 is 21.3 Å². The molecule has 7 unspecified atom stereocenters. The van der Waals surface area contributed by atoms with E-state index in [9.17, 15) is 5.11 Å². The van der Waals surface area contributed by atoms with Gasteiger partial charge in [-0.1, -0.05) is 11.6 Å². The first kappa shape index (κ1) is 22.7. The highest BCUT2D eigenvalue weighted by molar-refractivity contribution is 6.38. The maximum Gasteiger partial charge on any atom is 0.147 e. The van der Waals surface area contributed by atoms with Crippen molar-refractivity contribution in [2.24, 2.45) is 5.92 Å². The molecule has 2 saturated heterocycles. The molecule has 3 heterocycles. The molecule has 0 bridgehead atoms. The van der Waals surface area contributed by atoms with Crippen molar-refractivity contribution in [1.29, 1.82) is 0 Å². The van der Waals surface area contributed by atoms with E-state index in [2.05, 4.69) is 46.2 Å². The van der Waals surface area contributed by atoms with Crippen LogP contribution in [0.15, 0.2) is 11.6 Å². The lowest BCUT2D eigenvalue weighted by Crippen LogP contribution is -2.71. The molecule has 8 nitrogen and oxygen atoms in total. The normalized spacial score (nSPS) is 41.2. The fraction of sp³-hybridized carbons (Fsp3) is 0.900. The van der Waals surface area contributed by atoms with Gasteiger partial charge < -0.3 is 19.5 Å². The van der Waals surface area contributed by atoms with E-state index in [1.165, 1.54) is 12.0 Å². The molecule has 0 spiro atoms. The summed E-state index contributed by atoms with van der Waals surface area (Å²) < 4.78 is 12.0. The quantitative estimate of drug-likeness (QED) is 0.219. The van der Waals surface area contributed by atoms with Gasteiger partial charge in [0.2, 0.25) is 0 Å². The monoisotopic (exact) mass is 415 g/mol. The molecule has 4 rings (SSSR count). The van der Waals surface area contributed by atoms with Crippen molar-refractivity contribution in [3.8, 4) is 0 Å². The fourth-order valence-electron chi connectivity index (χ4n) is 5.39. The van der Waals surface area contributed by atoms with Crippen molar-refractivity contribution in [1.82, 2.24) is 26.2 Å². The summed E-state index contributed by atoms with van der Waals surface area (Å²) in [5.74, 6) is 0.378. The smallest absolute Gasteiger partial charge is 0.147 e. The molecule has 0 aromatic rings. The van der Waals surface area contributed by atoms with E-state index in [0.29, 0.717) is 12.7 Å². The number of aliphatic hydroxyl groups is 1. The van der Waals surface area contributed by atoms with Crippen LogP contribution in [0.3, 0.4) is 0 Å². The Morgan fingerprint density at radius 2 is 2.07 bits per heavy atom. The Labute approximate surface area is 182 Å². The van der Waals surface area contributed by atoms with E-state index in [0.717, 1.165) is 38.8 Å². The number of rotatable bonds is 5. The first-order chi connectivity index (χ1) is 14.3. The lowest BCUT2D eigenvalue weighted by molar-refractivity contribution is 0.0307. The fourth-order valence-corrected chi connectivity index (χ4v) is 5.39. The van der Waals surface area contributed by atoms with E-state index in [-0.39, 0.29) is 36.7 Å². The predicted octanol–water partition coefficient (Wildman–Crippen LogP) is -1.14. The standard InChI is InChI=1S/C20H35B2N5O3/c1-12-8-17(26-20(21,22)28)25-19(23-12)24-14-9-15(18-16(10-14)29-11-30-18)13-4-3-6-27(2)7-5-13/h5,12,14-19,23-26,28H,3-4,6-11H2,1-2H3. The lowest BCUT2D eigenvalue weighted by Gasteiger charge is -2.44. The number of nitrogens with one attached hydrogen (secondary N) is 4. The second-order valence-corrected chi connectivity index (χ2v) is 9.47. The van der Waals surface area contributed by atoms with Crippen molar-refractivity contribution in [2.75, 3.05) is 26.9 Å². The molecule has 7 atom stereocenters. The number of fused-ring (bicyclic) bond motifs is 1. The van der Waals surface area contributed by atoms with Gasteiger partial charge in [-0.25, -0.2) is 0 Å². The number of likely N-dealkylation sites (N-methyl/N-ethyl adjacent to an activating group) is 1. The second kappa shape index (κ2) is 9.58. The second-order valence-electron chi connectivity index (χ2n) is 9.47. The van der Waals surface area contributed by atoms with Crippen LogP contribution in [0.4, 0.5) is 0 Å². The van der Waals surface area contributed by atoms with Gasteiger partial charge in [0.05, 0.1) is 18.4 Å². The van der Waals surface area contributed by atoms with Crippen molar-refractivity contribution in [3.05, 3.63) is 11.6 Å². The van der Waals surface area contributed by atoms with Crippen LogP contribution in [0.2, 0.25) is 0 Å². The van der Waals surface area contributed by atoms with Crippen LogP contribution in [-0.4, -0.2) is 94.9 Å². The first-order valence-corrected chi connectivity index (χ1v) is 11.2. The largest absolute Gasteiger partial charge is 0.395 e. The van der Waals surface area contributed by atoms with Gasteiger partial charge in [-0.05, 0) is 52.6 Å². The van der Waals surface area contributed by atoms with Gasteiger partial charge in [0, 0.05) is 30.1 Å². The molecular weight excluding hydrogens is 380 g/mol. The average molecular weight is 415 g/mol. The Balaban J connectivity index is 1.41. The molecule has 0 aromatic heterocycles. The summed E-state index contributed by atoms with van der Waals surface area (Å²) in [5.41, 5.74) is -0.392. The van der Waals surface area contributed by atoms with Gasteiger partial charge in [-0.3, -0.25) is 21.3 Å². The minimum absolute atomic E-state index is 0.118. The Bertz CT molecular complexity index is 620. The Morgan fingerprint density at radius 1 is 1.23 bits per heavy atom. The molecule has 0 aromatic carbocycles. The minimum Gasteiger partial charge on any atom is -0.395 e. The minimum atomic E-state index is -1.91. The third-order valence-electron chi connectivity index (χ3n) is 6.72. The van der Waals surface area contributed by atoms with Gasteiger partial charge in [0.1, 0.15) is 28.8 Å². The number of hydrogen-bond donors (Lipinski definition) is 5. The zero-order valence-corrected chi connectivity index (χ0v) is 18.1. The van der Waals surface area contributed by atoms with Crippen LogP contribution in [0.25, 0.3) is 0 Å². The van der Waals surface area contributed by atoms with Crippen LogP contribution in [0, 0.1) is 5.92 Å². The molecule has 3 aliphatic heterocycles. The molecule has 164 valence electrons. The van der Waals surface area contributed by atoms with E-state index >= 15 is 0 Å². The molecule has 1 saturated carbocycles. The summed E-state index contributed by atoms with van der Waals surface area (Å²) >= 11 is 0. The highest BCUT2D eigenvalue weighted by Crippen LogP contribution is 2.39. The van der Waals surface area contributed by atoms with Crippen LogP contribution in [0.5, 0.6) is 0 Å². The van der Waals surface area contributed by atoms with Gasteiger partial charge in [0.15, 0.2) is 0 Å². The highest BCUT2D eigenvalue weighted by atomic mass is 16.7. The van der Waals surface area contributed by atoms with Crippen molar-refractivity contribution >= 4 is 15.7 Å². The van der Waals surface area contributed by atoms with Gasteiger partial charge in [0.25, 0.3) is 0 Å². The molecule has 0 amide bonds. The predicted molar refractivity (Wildman–Crippen MR) is 117 cm³/mol. The van der Waals surface area contributed by atoms with Crippen LogP contribution in [-0.2, 0) is 9.47 Å². The van der Waals surface area contributed by atoms with Crippen molar-refractivity contribution in [3.63, 3.8) is 0 Å². The van der Waals surface area contributed by atoms with E-state index in [1.54, 1.807) is 0 Å². The SMILES string of the molecule is [B]C([B])(O)NC1CC(C)NC(NC2CC3OCOC3C(C3=CCN(C)CCC3)C2)N1. The molecule has 3 fully saturated rings. The summed E-state index contributed by atoms with van der Waals surface area (Å²) in [6, 6.07) is 0.521. The maximum absolute atomic E-state index is 9.71. The first-order valence-electron chi connectivity index (χ1n) is 11.2. The Kier molecular flexibility index (Phi) is 7.26. The highest BCUT2D eigenvalue weighted by Gasteiger charge is 2.44. The number of hydrogen-bond acceptors (Lipinski definition) is 8. The van der Waals surface area contributed by atoms with Crippen LogP contribution >= 0.6 is 0 Å². The third kappa shape index (κ3) is 5.86. The molecule has 4 radical (unpaired) electrons. The summed E-state index contributed by atoms with van der Waals surface area (Å²) in [5, 5.41) is 23.2. The van der Waals surface area contributed by atoms with Gasteiger partial charge in [-0.15, -0.1) is 0 Å². The molecule has 5 N–H and O–H groups in total. The van der Waals surface area contributed by atoms with Crippen molar-refractivity contribution < 1.29 is 14.6 Å². The summed E-state index contributed by atoms with van der Waals surface area (Å²) in [6.07, 6.45) is 7.37. The molecule has 4 aliphatic rings. The summed E-state index contributed by atoms with van der Waals surface area (Å²) in [4.78, 5) is 2.37. The number of nitrogens with zero attached hydrogens (tertiary/aromatic N) is 1. The maximum atomic E-state index is 9.71. The molecule has 1 aliphatic carbocycles. The zero-order valence-electron chi connectivity index (χ0n) is 18.1. The summed E-state index contributed by atoms with van der Waals surface area (Å²) in [6.45, 7) is 4.63. The lowest BCUT2D eigenvalue weighted by atomic mass is 9.73. The zero-order chi connectivity index (χ0) is 21.3. The van der Waals surface area contributed by atoms with E-state index in [4.69, 9.17) is 25.2 Å². The van der Waals surface area contributed by atoms with Crippen molar-refractivity contribution in [2.45, 2.75) is 81.3 Å². The molecular formula is C20H35B2N5O3. The number of ether oxygens (including phenoxy) is 2. The Morgan fingerprint density at radius 3 is 2.87 bits per heavy atom. The van der Waals surface area contributed by atoms with E-state index < -0.39 is 5.52 Å². The average Bonchev–Trinajstić information content (AvgIpc) is 3.00. The molecule has 30 heavy (non-hydrogen) atoms. The van der Waals surface area contributed by atoms with Crippen LogP contribution in [0.1, 0.15) is 39.0 Å². The van der Waals surface area contributed by atoms with Gasteiger partial charge >= 0.3 is 0 Å². The molecule has 10 heteroatoms. The topological polar surface area (TPSA) is 90.0 Å². The summed E-state index contributed by atoms with van der Waals surface area (Å²) in [7, 11) is 13.2. The third-order valence-corrected chi connectivity index (χ3v) is 6.72.